The largest absolute Gasteiger partial charge is 0.313 e. The molecule has 0 saturated heterocycles. The number of nitrogens with one attached hydrogen (secondary N) is 1. The van der Waals surface area contributed by atoms with E-state index in [1.54, 1.807) is 0 Å². The second-order valence-corrected chi connectivity index (χ2v) is 4.26. The number of hydrogen-bond acceptors (Lipinski definition) is 5. The van der Waals surface area contributed by atoms with Gasteiger partial charge in [-0.1, -0.05) is 13.0 Å². The molecule has 0 radical (unpaired) electrons. The molecule has 0 fully saturated rings. The van der Waals surface area contributed by atoms with E-state index in [0.717, 1.165) is 25.1 Å². The van der Waals surface area contributed by atoms with Crippen molar-refractivity contribution in [2.75, 3.05) is 6.54 Å². The maximum Gasteiger partial charge on any atom is 0.252 e. The Hall–Kier alpha value is -2.70. The van der Waals surface area contributed by atoms with E-state index in [4.69, 9.17) is 5.26 Å². The van der Waals surface area contributed by atoms with Crippen LogP contribution in [0.5, 0.6) is 0 Å². The van der Waals surface area contributed by atoms with E-state index in [1.807, 2.05) is 24.3 Å². The number of aromatic nitrogens is 3. The van der Waals surface area contributed by atoms with Gasteiger partial charge in [-0.05, 0) is 30.7 Å². The second kappa shape index (κ2) is 6.46. The van der Waals surface area contributed by atoms with Crippen LogP contribution in [0.2, 0.25) is 0 Å². The van der Waals surface area contributed by atoms with Gasteiger partial charge in [0, 0.05) is 6.54 Å². The fourth-order valence-electron chi connectivity index (χ4n) is 1.82. The van der Waals surface area contributed by atoms with Crippen molar-refractivity contribution in [2.45, 2.75) is 19.9 Å². The normalized spacial score (nSPS) is 9.95. The molecule has 1 N–H and O–H groups in total. The van der Waals surface area contributed by atoms with Crippen molar-refractivity contribution in [1.29, 1.82) is 10.5 Å². The Morgan fingerprint density at radius 2 is 2.15 bits per heavy atom. The van der Waals surface area contributed by atoms with E-state index in [9.17, 15) is 5.26 Å². The highest BCUT2D eigenvalue weighted by Crippen LogP contribution is 2.15. The van der Waals surface area contributed by atoms with Gasteiger partial charge < -0.3 is 5.32 Å². The first kappa shape index (κ1) is 13.7. The summed E-state index contributed by atoms with van der Waals surface area (Å²) in [7, 11) is 0. The molecular weight excluding hydrogens is 252 g/mol. The topological polar surface area (TPSA) is 90.3 Å². The lowest BCUT2D eigenvalue weighted by Gasteiger charge is -2.07. The molecule has 0 bridgehead atoms. The summed E-state index contributed by atoms with van der Waals surface area (Å²) in [6.07, 6.45) is 2.50. The highest BCUT2D eigenvalue weighted by Gasteiger charge is 2.08. The molecule has 0 aliphatic carbocycles. The first-order chi connectivity index (χ1) is 9.78. The molecule has 0 amide bonds. The second-order valence-electron chi connectivity index (χ2n) is 4.26. The van der Waals surface area contributed by atoms with E-state index >= 15 is 0 Å². The summed E-state index contributed by atoms with van der Waals surface area (Å²) in [6.45, 7) is 3.77. The third kappa shape index (κ3) is 3.00. The smallest absolute Gasteiger partial charge is 0.252 e. The zero-order valence-corrected chi connectivity index (χ0v) is 11.2. The molecule has 1 aromatic carbocycles. The van der Waals surface area contributed by atoms with Crippen LogP contribution in [0.4, 0.5) is 0 Å². The quantitative estimate of drug-likeness (QED) is 0.828. The Morgan fingerprint density at radius 1 is 1.30 bits per heavy atom. The molecule has 20 heavy (non-hydrogen) atoms. The van der Waals surface area contributed by atoms with Gasteiger partial charge in [0.15, 0.2) is 0 Å². The number of rotatable bonds is 5. The lowest BCUT2D eigenvalue weighted by Crippen LogP contribution is -2.14. The van der Waals surface area contributed by atoms with Crippen molar-refractivity contribution in [2.24, 2.45) is 0 Å². The van der Waals surface area contributed by atoms with E-state index in [0.29, 0.717) is 11.3 Å². The Labute approximate surface area is 117 Å². The third-order valence-corrected chi connectivity index (χ3v) is 2.78. The molecule has 2 rings (SSSR count). The van der Waals surface area contributed by atoms with Gasteiger partial charge >= 0.3 is 0 Å². The molecule has 6 nitrogen and oxygen atoms in total. The lowest BCUT2D eigenvalue weighted by molar-refractivity contribution is 0.675. The minimum atomic E-state index is 0.0857. The fraction of sp³-hybridized carbons (Fsp3) is 0.286. The SMILES string of the molecule is CCCNCc1ccc(-n2cnc(C#N)n2)c(C#N)c1. The van der Waals surface area contributed by atoms with E-state index in [1.165, 1.54) is 11.0 Å². The monoisotopic (exact) mass is 266 g/mol. The minimum absolute atomic E-state index is 0.0857. The van der Waals surface area contributed by atoms with Crippen LogP contribution in [0.1, 0.15) is 30.3 Å². The molecule has 1 aromatic heterocycles. The van der Waals surface area contributed by atoms with Crippen LogP contribution < -0.4 is 5.32 Å². The number of hydrogen-bond donors (Lipinski definition) is 1. The summed E-state index contributed by atoms with van der Waals surface area (Å²) in [5.74, 6) is 0.0857. The van der Waals surface area contributed by atoms with Crippen molar-refractivity contribution in [3.8, 4) is 17.8 Å². The third-order valence-electron chi connectivity index (χ3n) is 2.78. The van der Waals surface area contributed by atoms with Gasteiger partial charge in [0.2, 0.25) is 0 Å². The molecule has 1 heterocycles. The number of nitrogens with zero attached hydrogens (tertiary/aromatic N) is 5. The Kier molecular flexibility index (Phi) is 4.43. The summed E-state index contributed by atoms with van der Waals surface area (Å²) >= 11 is 0. The molecule has 6 heteroatoms. The summed E-state index contributed by atoms with van der Waals surface area (Å²) in [4.78, 5) is 3.84. The van der Waals surface area contributed by atoms with Crippen molar-refractivity contribution < 1.29 is 0 Å². The minimum Gasteiger partial charge on any atom is -0.313 e. The van der Waals surface area contributed by atoms with E-state index in [2.05, 4.69) is 28.4 Å². The number of benzene rings is 1. The first-order valence-electron chi connectivity index (χ1n) is 6.34. The molecule has 0 atom stereocenters. The molecule has 0 spiro atoms. The molecule has 0 aliphatic rings. The first-order valence-corrected chi connectivity index (χ1v) is 6.34. The number of nitriles is 2. The lowest BCUT2D eigenvalue weighted by atomic mass is 10.1. The van der Waals surface area contributed by atoms with Gasteiger partial charge in [0.25, 0.3) is 5.82 Å². The van der Waals surface area contributed by atoms with Crippen LogP contribution in [-0.2, 0) is 6.54 Å². The van der Waals surface area contributed by atoms with E-state index in [-0.39, 0.29) is 5.82 Å². The van der Waals surface area contributed by atoms with Gasteiger partial charge in [-0.3, -0.25) is 0 Å². The van der Waals surface area contributed by atoms with Crippen molar-refractivity contribution in [3.63, 3.8) is 0 Å². The maximum atomic E-state index is 9.24. The molecule has 2 aromatic rings. The van der Waals surface area contributed by atoms with Crippen LogP contribution in [0.15, 0.2) is 24.5 Å². The van der Waals surface area contributed by atoms with Gasteiger partial charge in [0.1, 0.15) is 18.5 Å². The predicted molar refractivity (Wildman–Crippen MR) is 72.8 cm³/mol. The van der Waals surface area contributed by atoms with Crippen molar-refractivity contribution in [3.05, 3.63) is 41.5 Å². The Morgan fingerprint density at radius 3 is 2.80 bits per heavy atom. The summed E-state index contributed by atoms with van der Waals surface area (Å²) in [5.41, 5.74) is 2.18. The fourth-order valence-corrected chi connectivity index (χ4v) is 1.82. The average Bonchev–Trinajstić information content (AvgIpc) is 2.96. The average molecular weight is 266 g/mol. The molecular formula is C14H14N6. The van der Waals surface area contributed by atoms with E-state index < -0.39 is 0 Å². The van der Waals surface area contributed by atoms with Crippen LogP contribution in [0.3, 0.4) is 0 Å². The van der Waals surface area contributed by atoms with Crippen molar-refractivity contribution >= 4 is 0 Å². The highest BCUT2D eigenvalue weighted by molar-refractivity contribution is 5.50. The Balaban J connectivity index is 2.27. The summed E-state index contributed by atoms with van der Waals surface area (Å²) < 4.78 is 1.44. The van der Waals surface area contributed by atoms with Gasteiger partial charge in [0.05, 0.1) is 11.3 Å². The molecule has 0 aliphatic heterocycles. The van der Waals surface area contributed by atoms with Gasteiger partial charge in [-0.25, -0.2) is 9.67 Å². The highest BCUT2D eigenvalue weighted by atomic mass is 15.3. The standard InChI is InChI=1S/C14H14N6/c1-2-5-17-9-11-3-4-13(12(6-11)7-15)20-10-18-14(8-16)19-20/h3-4,6,10,17H,2,5,9H2,1H3. The van der Waals surface area contributed by atoms with Gasteiger partial charge in [-0.2, -0.15) is 10.5 Å². The molecule has 0 unspecified atom stereocenters. The maximum absolute atomic E-state index is 9.24. The van der Waals surface area contributed by atoms with Crippen LogP contribution in [0, 0.1) is 22.7 Å². The van der Waals surface area contributed by atoms with Crippen LogP contribution in [-0.4, -0.2) is 21.3 Å². The molecule has 0 saturated carbocycles. The van der Waals surface area contributed by atoms with Gasteiger partial charge in [-0.15, -0.1) is 5.10 Å². The summed E-state index contributed by atoms with van der Waals surface area (Å²) in [6, 6.07) is 9.60. The Bertz CT molecular complexity index is 674. The van der Waals surface area contributed by atoms with Crippen LogP contribution in [0.25, 0.3) is 5.69 Å². The molecule has 100 valence electrons. The van der Waals surface area contributed by atoms with Crippen molar-refractivity contribution in [1.82, 2.24) is 20.1 Å². The summed E-state index contributed by atoms with van der Waals surface area (Å²) in [5, 5.41) is 25.2. The van der Waals surface area contributed by atoms with Crippen LogP contribution >= 0.6 is 0 Å². The zero-order valence-electron chi connectivity index (χ0n) is 11.2. The predicted octanol–water partition coefficient (Wildman–Crippen LogP) is 1.51. The zero-order chi connectivity index (χ0) is 14.4.